The highest BCUT2D eigenvalue weighted by molar-refractivity contribution is 7.99. The van der Waals surface area contributed by atoms with Gasteiger partial charge in [-0.1, -0.05) is 78.0 Å². The minimum absolute atomic E-state index is 0.0278. The molecule has 9 nitrogen and oxygen atoms in total. The number of thioether (sulfide) groups is 1. The van der Waals surface area contributed by atoms with Crippen LogP contribution in [0.5, 0.6) is 0 Å². The Balaban J connectivity index is 1.46. The van der Waals surface area contributed by atoms with E-state index in [0.717, 1.165) is 11.3 Å². The summed E-state index contributed by atoms with van der Waals surface area (Å²) in [5.41, 5.74) is 4.38. The van der Waals surface area contributed by atoms with Crippen molar-refractivity contribution in [3.8, 4) is 17.1 Å². The fourth-order valence-corrected chi connectivity index (χ4v) is 3.97. The largest absolute Gasteiger partial charge is 0.288 e. The van der Waals surface area contributed by atoms with Crippen LogP contribution in [0.2, 0.25) is 5.02 Å². The SMILES string of the molecule is O=C(CSc1nnc(-c2ccccc2)n1-c1ccccc1)NN=Cc1ccc(Cl)c([N+](=O)[O-])c1. The molecule has 1 aromatic heterocycles. The third-order valence-electron chi connectivity index (χ3n) is 4.58. The minimum Gasteiger partial charge on any atom is -0.272 e. The monoisotopic (exact) mass is 492 g/mol. The number of nitrogens with one attached hydrogen (secondary N) is 1. The van der Waals surface area contributed by atoms with Crippen LogP contribution in [-0.4, -0.2) is 37.6 Å². The van der Waals surface area contributed by atoms with Gasteiger partial charge in [0, 0.05) is 22.9 Å². The molecule has 0 saturated heterocycles. The molecule has 0 aliphatic carbocycles. The van der Waals surface area contributed by atoms with Crippen LogP contribution in [0.15, 0.2) is 89.1 Å². The Bertz CT molecular complexity index is 1350. The summed E-state index contributed by atoms with van der Waals surface area (Å²) in [6, 6.07) is 23.5. The van der Waals surface area contributed by atoms with E-state index in [1.165, 1.54) is 30.1 Å². The number of benzene rings is 3. The number of para-hydroxylation sites is 1. The predicted octanol–water partition coefficient (Wildman–Crippen LogP) is 4.74. The van der Waals surface area contributed by atoms with Crippen LogP contribution in [0.3, 0.4) is 0 Å². The van der Waals surface area contributed by atoms with Gasteiger partial charge < -0.3 is 0 Å². The Morgan fingerprint density at radius 1 is 1.09 bits per heavy atom. The van der Waals surface area contributed by atoms with E-state index >= 15 is 0 Å². The molecular formula is C23H17ClN6O3S. The van der Waals surface area contributed by atoms with Crippen LogP contribution in [0.25, 0.3) is 17.1 Å². The number of carbonyl (C=O) groups is 1. The van der Waals surface area contributed by atoms with E-state index in [2.05, 4.69) is 20.7 Å². The molecule has 3 aromatic carbocycles. The number of aromatic nitrogens is 3. The van der Waals surface area contributed by atoms with Crippen LogP contribution in [0.1, 0.15) is 5.56 Å². The zero-order valence-electron chi connectivity index (χ0n) is 17.5. The second-order valence-electron chi connectivity index (χ2n) is 6.89. The molecule has 1 amide bonds. The van der Waals surface area contributed by atoms with E-state index in [9.17, 15) is 14.9 Å². The minimum atomic E-state index is -0.582. The van der Waals surface area contributed by atoms with Crippen molar-refractivity contribution in [2.75, 3.05) is 5.75 Å². The van der Waals surface area contributed by atoms with Gasteiger partial charge in [0.15, 0.2) is 11.0 Å². The van der Waals surface area contributed by atoms with Gasteiger partial charge in [-0.3, -0.25) is 19.5 Å². The second kappa shape index (κ2) is 10.7. The third-order valence-corrected chi connectivity index (χ3v) is 5.83. The van der Waals surface area contributed by atoms with E-state index in [4.69, 9.17) is 11.6 Å². The molecule has 0 aliphatic rings. The number of nitrogens with zero attached hydrogens (tertiary/aromatic N) is 5. The average molecular weight is 493 g/mol. The van der Waals surface area contributed by atoms with Crippen molar-refractivity contribution >= 4 is 41.2 Å². The fourth-order valence-electron chi connectivity index (χ4n) is 3.04. The van der Waals surface area contributed by atoms with Crippen LogP contribution >= 0.6 is 23.4 Å². The van der Waals surface area contributed by atoms with E-state index < -0.39 is 4.92 Å². The predicted molar refractivity (Wildman–Crippen MR) is 131 cm³/mol. The Labute approximate surface area is 203 Å². The highest BCUT2D eigenvalue weighted by Crippen LogP contribution is 2.28. The van der Waals surface area contributed by atoms with Gasteiger partial charge in [0.05, 0.1) is 16.9 Å². The summed E-state index contributed by atoms with van der Waals surface area (Å²) in [6.45, 7) is 0. The first-order valence-electron chi connectivity index (χ1n) is 9.98. The third kappa shape index (κ3) is 5.48. The molecule has 0 fully saturated rings. The normalized spacial score (nSPS) is 11.0. The van der Waals surface area contributed by atoms with Crippen molar-refractivity contribution in [3.05, 3.63) is 99.6 Å². The molecule has 0 bridgehead atoms. The smallest absolute Gasteiger partial charge is 0.272 e. The molecule has 0 unspecified atom stereocenters. The second-order valence-corrected chi connectivity index (χ2v) is 8.24. The molecule has 170 valence electrons. The lowest BCUT2D eigenvalue weighted by Crippen LogP contribution is -2.20. The maximum atomic E-state index is 12.3. The topological polar surface area (TPSA) is 115 Å². The molecule has 4 rings (SSSR count). The first-order valence-corrected chi connectivity index (χ1v) is 11.3. The van der Waals surface area contributed by atoms with Gasteiger partial charge in [-0.05, 0) is 18.2 Å². The molecule has 1 heterocycles. The number of rotatable bonds is 8. The summed E-state index contributed by atoms with van der Waals surface area (Å²) in [6.07, 6.45) is 1.31. The van der Waals surface area contributed by atoms with Crippen LogP contribution in [-0.2, 0) is 4.79 Å². The number of amides is 1. The molecule has 11 heteroatoms. The molecule has 34 heavy (non-hydrogen) atoms. The molecule has 0 atom stereocenters. The van der Waals surface area contributed by atoms with Gasteiger partial charge in [-0.25, -0.2) is 5.43 Å². The lowest BCUT2D eigenvalue weighted by Gasteiger charge is -2.10. The van der Waals surface area contributed by atoms with Gasteiger partial charge >= 0.3 is 0 Å². The Hall–Kier alpha value is -4.02. The van der Waals surface area contributed by atoms with E-state index in [1.807, 2.05) is 65.2 Å². The summed E-state index contributed by atoms with van der Waals surface area (Å²) >= 11 is 7.02. The molecular weight excluding hydrogens is 476 g/mol. The maximum absolute atomic E-state index is 12.3. The van der Waals surface area contributed by atoms with Crippen molar-refractivity contribution in [3.63, 3.8) is 0 Å². The molecule has 0 spiro atoms. The van der Waals surface area contributed by atoms with Gasteiger partial charge in [0.2, 0.25) is 0 Å². The summed E-state index contributed by atoms with van der Waals surface area (Å²) in [4.78, 5) is 22.7. The van der Waals surface area contributed by atoms with Crippen LogP contribution in [0.4, 0.5) is 5.69 Å². The Kier molecular flexibility index (Phi) is 7.31. The van der Waals surface area contributed by atoms with Gasteiger partial charge in [-0.15, -0.1) is 10.2 Å². The van der Waals surface area contributed by atoms with Crippen molar-refractivity contribution < 1.29 is 9.72 Å². The van der Waals surface area contributed by atoms with Gasteiger partial charge in [0.1, 0.15) is 5.02 Å². The number of hydrazone groups is 1. The van der Waals surface area contributed by atoms with Crippen molar-refractivity contribution in [2.24, 2.45) is 5.10 Å². The first kappa shape index (κ1) is 23.1. The lowest BCUT2D eigenvalue weighted by atomic mass is 10.2. The number of nitro benzene ring substituents is 1. The maximum Gasteiger partial charge on any atom is 0.288 e. The summed E-state index contributed by atoms with van der Waals surface area (Å²) < 4.78 is 1.89. The zero-order valence-corrected chi connectivity index (χ0v) is 19.1. The number of hydrogen-bond donors (Lipinski definition) is 1. The van der Waals surface area contributed by atoms with E-state index in [-0.39, 0.29) is 22.4 Å². The Morgan fingerprint density at radius 3 is 2.50 bits per heavy atom. The molecule has 1 N–H and O–H groups in total. The molecule has 0 saturated carbocycles. The first-order chi connectivity index (χ1) is 16.5. The quantitative estimate of drug-likeness (QED) is 0.164. The van der Waals surface area contributed by atoms with E-state index in [0.29, 0.717) is 16.5 Å². The molecule has 4 aromatic rings. The van der Waals surface area contributed by atoms with Gasteiger partial charge in [-0.2, -0.15) is 5.10 Å². The summed E-state index contributed by atoms with van der Waals surface area (Å²) in [5, 5.41) is 24.1. The number of nitro groups is 1. The zero-order chi connectivity index (χ0) is 23.9. The lowest BCUT2D eigenvalue weighted by molar-refractivity contribution is -0.384. The number of halogens is 1. The standard InChI is InChI=1S/C23H17ClN6O3S/c24-19-12-11-16(13-20(19)30(32)33)14-25-26-21(31)15-34-23-28-27-22(17-7-3-1-4-8-17)29(23)18-9-5-2-6-10-18/h1-14H,15H2,(H,26,31). The van der Waals surface area contributed by atoms with Crippen molar-refractivity contribution in [1.29, 1.82) is 0 Å². The van der Waals surface area contributed by atoms with Crippen molar-refractivity contribution in [1.82, 2.24) is 20.2 Å². The fraction of sp³-hybridized carbons (Fsp3) is 0.0435. The Morgan fingerprint density at radius 2 is 1.79 bits per heavy atom. The van der Waals surface area contributed by atoms with E-state index in [1.54, 1.807) is 6.07 Å². The van der Waals surface area contributed by atoms with Gasteiger partial charge in [0.25, 0.3) is 11.6 Å². The van der Waals surface area contributed by atoms with Crippen molar-refractivity contribution in [2.45, 2.75) is 5.16 Å². The van der Waals surface area contributed by atoms with Crippen LogP contribution in [0, 0.1) is 10.1 Å². The average Bonchev–Trinajstić information content (AvgIpc) is 3.29. The van der Waals surface area contributed by atoms with Crippen LogP contribution < -0.4 is 5.43 Å². The number of carbonyl (C=O) groups excluding carboxylic acids is 1. The highest BCUT2D eigenvalue weighted by Gasteiger charge is 2.17. The number of hydrogen-bond acceptors (Lipinski definition) is 7. The highest BCUT2D eigenvalue weighted by atomic mass is 35.5. The summed E-state index contributed by atoms with van der Waals surface area (Å²) in [5.74, 6) is 0.336. The summed E-state index contributed by atoms with van der Waals surface area (Å²) in [7, 11) is 0. The molecule has 0 aliphatic heterocycles. The molecule has 0 radical (unpaired) electrons.